The molecule has 0 bridgehead atoms. The molecule has 3 heterocycles. The van der Waals surface area contributed by atoms with Crippen LogP contribution in [0.1, 0.15) is 5.56 Å². The summed E-state index contributed by atoms with van der Waals surface area (Å²) in [7, 11) is -3.24. The smallest absolute Gasteiger partial charge is 0.247 e. The second-order valence-corrected chi connectivity index (χ2v) is 11.0. The maximum Gasteiger partial charge on any atom is 0.247 e. The second-order valence-electron chi connectivity index (χ2n) is 8.99. The summed E-state index contributed by atoms with van der Waals surface area (Å²) in [6.45, 7) is 5.16. The highest BCUT2D eigenvalue weighted by Crippen LogP contribution is 2.26. The van der Waals surface area contributed by atoms with Gasteiger partial charge in [-0.1, -0.05) is 24.3 Å². The van der Waals surface area contributed by atoms with E-state index in [1.165, 1.54) is 11.8 Å². The number of hydrogen-bond donors (Lipinski definition) is 1. The molecule has 0 saturated carbocycles. The number of benzene rings is 2. The molecule has 0 unspecified atom stereocenters. The van der Waals surface area contributed by atoms with Crippen LogP contribution in [-0.4, -0.2) is 78.1 Å². The summed E-state index contributed by atoms with van der Waals surface area (Å²) in [5, 5.41) is 7.67. The van der Waals surface area contributed by atoms with Crippen LogP contribution >= 0.6 is 0 Å². The number of aromatic nitrogens is 3. The van der Waals surface area contributed by atoms with E-state index in [0.717, 1.165) is 55.8 Å². The summed E-state index contributed by atoms with van der Waals surface area (Å²) in [4.78, 5) is 20.3. The molecule has 0 spiro atoms. The predicted molar refractivity (Wildman–Crippen MR) is 139 cm³/mol. The molecule has 1 aliphatic heterocycles. The molecule has 36 heavy (non-hydrogen) atoms. The number of nitrogens with zero attached hydrogens (tertiary/aromatic N) is 5. The summed E-state index contributed by atoms with van der Waals surface area (Å²) in [6.07, 6.45) is 4.01. The molecular weight excluding hydrogens is 476 g/mol. The lowest BCUT2D eigenvalue weighted by molar-refractivity contribution is -0.109. The van der Waals surface area contributed by atoms with Crippen LogP contribution in [0.25, 0.3) is 16.8 Å². The van der Waals surface area contributed by atoms with E-state index >= 15 is 0 Å². The van der Waals surface area contributed by atoms with Gasteiger partial charge in [-0.15, -0.1) is 5.10 Å². The third-order valence-corrected chi connectivity index (χ3v) is 7.50. The van der Waals surface area contributed by atoms with Gasteiger partial charge in [0.1, 0.15) is 6.29 Å². The Morgan fingerprint density at radius 3 is 2.31 bits per heavy atom. The molecule has 0 amide bonds. The van der Waals surface area contributed by atoms with Crippen molar-refractivity contribution in [3.8, 4) is 11.1 Å². The lowest BCUT2D eigenvalue weighted by Gasteiger charge is -2.33. The largest absolute Gasteiger partial charge is 0.323 e. The van der Waals surface area contributed by atoms with E-state index in [2.05, 4.69) is 49.5 Å². The molecule has 5 rings (SSSR count). The standard InChI is InChI=1S/C26H28N6O3S/c1-36(34,35)23-10-8-22(9-11-23)27-26-28-25-24(3-2-12-32(25)29-26)21-6-4-20(5-7-21)19-31-15-13-30(14-16-31)17-18-33/h2-12,18H,13-17,19H2,1H3,(H,27,29). The molecule has 9 nitrogen and oxygen atoms in total. The lowest BCUT2D eigenvalue weighted by atomic mass is 10.0. The first-order chi connectivity index (χ1) is 17.4. The Labute approximate surface area is 210 Å². The highest BCUT2D eigenvalue weighted by molar-refractivity contribution is 7.90. The monoisotopic (exact) mass is 504 g/mol. The fourth-order valence-corrected chi connectivity index (χ4v) is 5.01. The summed E-state index contributed by atoms with van der Waals surface area (Å²) in [5.74, 6) is 0.430. The van der Waals surface area contributed by atoms with Gasteiger partial charge in [-0.05, 0) is 47.5 Å². The van der Waals surface area contributed by atoms with Crippen LogP contribution in [0.3, 0.4) is 0 Å². The normalized spacial score (nSPS) is 15.2. The van der Waals surface area contributed by atoms with Gasteiger partial charge in [0.2, 0.25) is 5.95 Å². The van der Waals surface area contributed by atoms with Crippen molar-refractivity contribution in [1.29, 1.82) is 0 Å². The molecule has 1 fully saturated rings. The van der Waals surface area contributed by atoms with Gasteiger partial charge >= 0.3 is 0 Å². The maximum absolute atomic E-state index is 11.7. The van der Waals surface area contributed by atoms with E-state index in [4.69, 9.17) is 0 Å². The summed E-state index contributed by atoms with van der Waals surface area (Å²) in [6, 6.07) is 19.0. The first-order valence-electron chi connectivity index (χ1n) is 11.8. The van der Waals surface area contributed by atoms with Gasteiger partial charge in [0.15, 0.2) is 15.5 Å². The third kappa shape index (κ3) is 5.46. The van der Waals surface area contributed by atoms with Gasteiger partial charge in [0.25, 0.3) is 0 Å². The van der Waals surface area contributed by atoms with Gasteiger partial charge in [-0.3, -0.25) is 9.80 Å². The molecule has 1 aliphatic rings. The molecule has 1 saturated heterocycles. The number of carbonyl (C=O) groups excluding carboxylic acids is 1. The van der Waals surface area contributed by atoms with Gasteiger partial charge in [0, 0.05) is 56.4 Å². The van der Waals surface area contributed by atoms with E-state index in [9.17, 15) is 13.2 Å². The number of hydrogen-bond acceptors (Lipinski definition) is 8. The fourth-order valence-electron chi connectivity index (χ4n) is 4.38. The molecule has 186 valence electrons. The molecule has 2 aromatic heterocycles. The molecule has 0 aliphatic carbocycles. The quantitative estimate of drug-likeness (QED) is 0.366. The zero-order chi connectivity index (χ0) is 25.1. The number of fused-ring (bicyclic) bond motifs is 1. The minimum absolute atomic E-state index is 0.266. The molecule has 10 heteroatoms. The minimum Gasteiger partial charge on any atom is -0.323 e. The summed E-state index contributed by atoms with van der Waals surface area (Å²) in [5.41, 5.74) is 4.70. The van der Waals surface area contributed by atoms with Crippen LogP contribution < -0.4 is 5.32 Å². The molecular formula is C26H28N6O3S. The Morgan fingerprint density at radius 2 is 1.64 bits per heavy atom. The van der Waals surface area contributed by atoms with Gasteiger partial charge in [-0.25, -0.2) is 12.9 Å². The summed E-state index contributed by atoms with van der Waals surface area (Å²) >= 11 is 0. The Hall–Kier alpha value is -3.60. The molecule has 2 aromatic carbocycles. The number of rotatable bonds is 8. The lowest BCUT2D eigenvalue weighted by Crippen LogP contribution is -2.46. The van der Waals surface area contributed by atoms with E-state index in [-0.39, 0.29) is 4.90 Å². The summed E-state index contributed by atoms with van der Waals surface area (Å²) < 4.78 is 25.1. The van der Waals surface area contributed by atoms with E-state index in [0.29, 0.717) is 18.2 Å². The van der Waals surface area contributed by atoms with Crippen LogP contribution in [0.4, 0.5) is 11.6 Å². The molecule has 0 radical (unpaired) electrons. The van der Waals surface area contributed by atoms with Crippen molar-refractivity contribution >= 4 is 33.4 Å². The van der Waals surface area contributed by atoms with Crippen LogP contribution in [0.2, 0.25) is 0 Å². The zero-order valence-electron chi connectivity index (χ0n) is 20.0. The van der Waals surface area contributed by atoms with Crippen LogP contribution in [-0.2, 0) is 21.2 Å². The number of aldehydes is 1. The molecule has 4 aromatic rings. The van der Waals surface area contributed by atoms with Crippen molar-refractivity contribution in [3.05, 3.63) is 72.4 Å². The van der Waals surface area contributed by atoms with E-state index < -0.39 is 9.84 Å². The molecule has 1 N–H and O–H groups in total. The van der Waals surface area contributed by atoms with Crippen molar-refractivity contribution in [1.82, 2.24) is 24.4 Å². The van der Waals surface area contributed by atoms with Crippen molar-refractivity contribution in [3.63, 3.8) is 0 Å². The van der Waals surface area contributed by atoms with Gasteiger partial charge in [-0.2, -0.15) is 4.98 Å². The Bertz CT molecular complexity index is 1460. The van der Waals surface area contributed by atoms with Crippen molar-refractivity contribution in [2.45, 2.75) is 11.4 Å². The highest BCUT2D eigenvalue weighted by atomic mass is 32.2. The minimum atomic E-state index is -3.24. The highest BCUT2D eigenvalue weighted by Gasteiger charge is 2.17. The number of sulfone groups is 1. The Morgan fingerprint density at radius 1 is 0.944 bits per heavy atom. The average Bonchev–Trinajstić information content (AvgIpc) is 3.28. The zero-order valence-corrected chi connectivity index (χ0v) is 20.9. The first kappa shape index (κ1) is 24.1. The van der Waals surface area contributed by atoms with Crippen LogP contribution in [0, 0.1) is 0 Å². The van der Waals surface area contributed by atoms with Crippen LogP contribution in [0.15, 0.2) is 71.8 Å². The van der Waals surface area contributed by atoms with Crippen LogP contribution in [0.5, 0.6) is 0 Å². The van der Waals surface area contributed by atoms with E-state index in [1.54, 1.807) is 28.8 Å². The fraction of sp³-hybridized carbons (Fsp3) is 0.269. The third-order valence-electron chi connectivity index (χ3n) is 6.37. The number of pyridine rings is 1. The van der Waals surface area contributed by atoms with Gasteiger partial charge < -0.3 is 10.1 Å². The maximum atomic E-state index is 11.7. The average molecular weight is 505 g/mol. The SMILES string of the molecule is CS(=O)(=O)c1ccc(Nc2nc3c(-c4ccc(CN5CCN(CC=O)CC5)cc4)cccn3n2)cc1. The van der Waals surface area contributed by atoms with Crippen molar-refractivity contribution in [2.75, 3.05) is 44.3 Å². The Kier molecular flexibility index (Phi) is 6.82. The van der Waals surface area contributed by atoms with Crippen molar-refractivity contribution < 1.29 is 13.2 Å². The first-order valence-corrected chi connectivity index (χ1v) is 13.7. The van der Waals surface area contributed by atoms with E-state index in [1.807, 2.05) is 18.3 Å². The second kappa shape index (κ2) is 10.2. The van der Waals surface area contributed by atoms with Crippen molar-refractivity contribution in [2.24, 2.45) is 0 Å². The predicted octanol–water partition coefficient (Wildman–Crippen LogP) is 2.86. The Balaban J connectivity index is 1.30. The number of anilines is 2. The number of nitrogens with one attached hydrogen (secondary N) is 1. The number of piperazine rings is 1. The topological polar surface area (TPSA) is 99.9 Å². The number of carbonyl (C=O) groups is 1. The van der Waals surface area contributed by atoms with Gasteiger partial charge in [0.05, 0.1) is 11.4 Å². The molecule has 0 atom stereocenters.